The minimum Gasteiger partial charge on any atom is -0.382 e. The van der Waals surface area contributed by atoms with Gasteiger partial charge in [0.15, 0.2) is 0 Å². The maximum absolute atomic E-state index is 4.21. The van der Waals surface area contributed by atoms with E-state index in [1.54, 1.807) is 6.20 Å². The monoisotopic (exact) mass is 243 g/mol. The first-order valence-corrected chi connectivity index (χ1v) is 6.57. The van der Waals surface area contributed by atoms with Crippen LogP contribution in [-0.2, 0) is 0 Å². The lowest BCUT2D eigenvalue weighted by atomic mass is 10.0. The van der Waals surface area contributed by atoms with Gasteiger partial charge >= 0.3 is 0 Å². The molecule has 3 nitrogen and oxygen atoms in total. The molecule has 0 saturated carbocycles. The second-order valence-electron chi connectivity index (χ2n) is 4.82. The summed E-state index contributed by atoms with van der Waals surface area (Å²) in [7, 11) is 0. The molecular formula is C15H21N3. The summed E-state index contributed by atoms with van der Waals surface area (Å²) in [6, 6.07) is 10.8. The lowest BCUT2D eigenvalue weighted by molar-refractivity contribution is 0.494. The zero-order valence-electron chi connectivity index (χ0n) is 11.3. The molecule has 0 aliphatic carbocycles. The summed E-state index contributed by atoms with van der Waals surface area (Å²) in [4.78, 5) is 0. The number of hydrogen-bond acceptors (Lipinski definition) is 2. The van der Waals surface area contributed by atoms with Crippen LogP contribution in [0.25, 0.3) is 5.69 Å². The van der Waals surface area contributed by atoms with Crippen molar-refractivity contribution in [3.8, 4) is 5.69 Å². The zero-order chi connectivity index (χ0) is 13.0. The van der Waals surface area contributed by atoms with Gasteiger partial charge < -0.3 is 5.32 Å². The number of rotatable bonds is 5. The van der Waals surface area contributed by atoms with Gasteiger partial charge in [-0.25, -0.2) is 4.68 Å². The molecule has 0 bridgehead atoms. The number of hydrogen-bond donors (Lipinski definition) is 1. The maximum atomic E-state index is 4.21. The number of nitrogens with zero attached hydrogens (tertiary/aromatic N) is 2. The molecule has 0 saturated heterocycles. The smallest absolute Gasteiger partial charge is 0.0647 e. The maximum Gasteiger partial charge on any atom is 0.0647 e. The van der Waals surface area contributed by atoms with Gasteiger partial charge in [-0.3, -0.25) is 0 Å². The Bertz CT molecular complexity index is 459. The lowest BCUT2D eigenvalue weighted by Gasteiger charge is -2.21. The topological polar surface area (TPSA) is 29.9 Å². The highest BCUT2D eigenvalue weighted by Gasteiger charge is 2.09. The van der Waals surface area contributed by atoms with E-state index in [1.165, 1.54) is 12.1 Å². The van der Waals surface area contributed by atoms with Crippen molar-refractivity contribution in [2.24, 2.45) is 5.92 Å². The number of benzene rings is 1. The van der Waals surface area contributed by atoms with E-state index < -0.39 is 0 Å². The van der Waals surface area contributed by atoms with Crippen LogP contribution in [-0.4, -0.2) is 15.8 Å². The largest absolute Gasteiger partial charge is 0.382 e. The van der Waals surface area contributed by atoms with Crippen molar-refractivity contribution in [3.05, 3.63) is 42.7 Å². The first-order valence-electron chi connectivity index (χ1n) is 6.57. The summed E-state index contributed by atoms with van der Waals surface area (Å²) in [6.45, 7) is 6.73. The Labute approximate surface area is 109 Å². The molecule has 2 aromatic rings. The van der Waals surface area contributed by atoms with Crippen molar-refractivity contribution in [1.82, 2.24) is 9.78 Å². The van der Waals surface area contributed by atoms with Crippen molar-refractivity contribution >= 4 is 5.69 Å². The summed E-state index contributed by atoms with van der Waals surface area (Å²) in [5, 5.41) is 7.75. The zero-order valence-corrected chi connectivity index (χ0v) is 11.3. The Balaban J connectivity index is 2.04. The molecule has 1 aromatic carbocycles. The molecule has 3 heteroatoms. The third-order valence-corrected chi connectivity index (χ3v) is 3.53. The van der Waals surface area contributed by atoms with Gasteiger partial charge in [0.25, 0.3) is 0 Å². The van der Waals surface area contributed by atoms with E-state index in [9.17, 15) is 0 Å². The van der Waals surface area contributed by atoms with Crippen molar-refractivity contribution < 1.29 is 0 Å². The van der Waals surface area contributed by atoms with Crippen LogP contribution in [0.4, 0.5) is 5.69 Å². The highest BCUT2D eigenvalue weighted by Crippen LogP contribution is 2.17. The number of nitrogens with one attached hydrogen (secondary N) is 1. The molecule has 2 rings (SSSR count). The first kappa shape index (κ1) is 12.7. The Morgan fingerprint density at radius 2 is 1.94 bits per heavy atom. The van der Waals surface area contributed by atoms with Crippen LogP contribution < -0.4 is 5.32 Å². The van der Waals surface area contributed by atoms with E-state index in [-0.39, 0.29) is 0 Å². The molecule has 96 valence electrons. The van der Waals surface area contributed by atoms with Crippen LogP contribution >= 0.6 is 0 Å². The van der Waals surface area contributed by atoms with E-state index in [0.717, 1.165) is 5.69 Å². The third-order valence-electron chi connectivity index (χ3n) is 3.53. The Morgan fingerprint density at radius 3 is 2.50 bits per heavy atom. The van der Waals surface area contributed by atoms with Crippen LogP contribution in [0, 0.1) is 5.92 Å². The molecule has 0 spiro atoms. The molecule has 1 aromatic heterocycles. The fraction of sp³-hybridized carbons (Fsp3) is 0.400. The average molecular weight is 243 g/mol. The first-order chi connectivity index (χ1) is 8.70. The third kappa shape index (κ3) is 2.92. The molecule has 2 unspecified atom stereocenters. The molecule has 0 aliphatic rings. The Morgan fingerprint density at radius 1 is 1.22 bits per heavy atom. The molecule has 1 heterocycles. The highest BCUT2D eigenvalue weighted by molar-refractivity contribution is 5.49. The quantitative estimate of drug-likeness (QED) is 0.867. The van der Waals surface area contributed by atoms with Crippen molar-refractivity contribution in [1.29, 1.82) is 0 Å². The van der Waals surface area contributed by atoms with Gasteiger partial charge in [-0.15, -0.1) is 0 Å². The van der Waals surface area contributed by atoms with Crippen LogP contribution in [0.2, 0.25) is 0 Å². The van der Waals surface area contributed by atoms with Gasteiger partial charge in [-0.2, -0.15) is 5.10 Å². The SMILES string of the molecule is CCC(C)C(C)Nc1ccc(-n2cccn2)cc1. The normalized spacial score (nSPS) is 14.2. The standard InChI is InChI=1S/C15H21N3/c1-4-12(2)13(3)17-14-6-8-15(9-7-14)18-11-5-10-16-18/h5-13,17H,4H2,1-3H3. The minimum absolute atomic E-state index is 0.491. The fourth-order valence-corrected chi connectivity index (χ4v) is 1.89. The molecule has 0 radical (unpaired) electrons. The lowest BCUT2D eigenvalue weighted by Crippen LogP contribution is -2.23. The predicted octanol–water partition coefficient (Wildman–Crippen LogP) is 3.72. The predicted molar refractivity (Wildman–Crippen MR) is 76.1 cm³/mol. The van der Waals surface area contributed by atoms with E-state index in [0.29, 0.717) is 12.0 Å². The molecule has 1 N–H and O–H groups in total. The van der Waals surface area contributed by atoms with E-state index in [4.69, 9.17) is 0 Å². The second kappa shape index (κ2) is 5.71. The minimum atomic E-state index is 0.491. The molecule has 18 heavy (non-hydrogen) atoms. The Hall–Kier alpha value is -1.77. The highest BCUT2D eigenvalue weighted by atomic mass is 15.3. The molecule has 0 aliphatic heterocycles. The summed E-state index contributed by atoms with van der Waals surface area (Å²) in [5.74, 6) is 0.677. The van der Waals surface area contributed by atoms with Gasteiger partial charge in [-0.05, 0) is 43.2 Å². The van der Waals surface area contributed by atoms with Gasteiger partial charge in [0, 0.05) is 24.1 Å². The van der Waals surface area contributed by atoms with Crippen LogP contribution in [0.15, 0.2) is 42.7 Å². The molecule has 0 amide bonds. The van der Waals surface area contributed by atoms with Crippen molar-refractivity contribution in [2.45, 2.75) is 33.2 Å². The second-order valence-corrected chi connectivity index (χ2v) is 4.82. The van der Waals surface area contributed by atoms with E-state index >= 15 is 0 Å². The van der Waals surface area contributed by atoms with E-state index in [2.05, 4.69) is 55.5 Å². The Kier molecular flexibility index (Phi) is 4.03. The molecular weight excluding hydrogens is 222 g/mol. The number of anilines is 1. The molecule has 0 fully saturated rings. The van der Waals surface area contributed by atoms with Gasteiger partial charge in [-0.1, -0.05) is 20.3 Å². The summed E-state index contributed by atoms with van der Waals surface area (Å²) >= 11 is 0. The van der Waals surface area contributed by atoms with Gasteiger partial charge in [0.1, 0.15) is 0 Å². The van der Waals surface area contributed by atoms with E-state index in [1.807, 2.05) is 16.9 Å². The summed E-state index contributed by atoms with van der Waals surface area (Å²) in [6.07, 6.45) is 4.93. The van der Waals surface area contributed by atoms with Gasteiger partial charge in [0.2, 0.25) is 0 Å². The van der Waals surface area contributed by atoms with Crippen LogP contribution in [0.5, 0.6) is 0 Å². The number of aromatic nitrogens is 2. The molecule has 2 atom stereocenters. The van der Waals surface area contributed by atoms with Crippen LogP contribution in [0.1, 0.15) is 27.2 Å². The summed E-state index contributed by atoms with van der Waals surface area (Å²) < 4.78 is 1.86. The fourth-order valence-electron chi connectivity index (χ4n) is 1.89. The van der Waals surface area contributed by atoms with Crippen molar-refractivity contribution in [2.75, 3.05) is 5.32 Å². The van der Waals surface area contributed by atoms with Crippen molar-refractivity contribution in [3.63, 3.8) is 0 Å². The average Bonchev–Trinajstić information content (AvgIpc) is 2.92. The van der Waals surface area contributed by atoms with Gasteiger partial charge in [0.05, 0.1) is 5.69 Å². The van der Waals surface area contributed by atoms with Crippen LogP contribution in [0.3, 0.4) is 0 Å². The summed E-state index contributed by atoms with van der Waals surface area (Å²) in [5.41, 5.74) is 2.25.